The van der Waals surface area contributed by atoms with E-state index in [0.29, 0.717) is 12.0 Å². The normalized spacial score (nSPS) is 27.0. The molecule has 2 aliphatic rings. The third-order valence-corrected chi connectivity index (χ3v) is 5.74. The van der Waals surface area contributed by atoms with Crippen LogP contribution in [0.3, 0.4) is 0 Å². The maximum atomic E-state index is 12.8. The van der Waals surface area contributed by atoms with Crippen LogP contribution in [0.5, 0.6) is 0 Å². The first kappa shape index (κ1) is 19.2. The minimum absolute atomic E-state index is 0.120. The van der Waals surface area contributed by atoms with Crippen LogP contribution in [0.4, 0.5) is 0 Å². The Morgan fingerprint density at radius 2 is 1.71 bits per heavy atom. The first-order valence-electron chi connectivity index (χ1n) is 9.84. The average Bonchev–Trinajstić information content (AvgIpc) is 2.94. The van der Waals surface area contributed by atoms with Crippen molar-refractivity contribution in [2.45, 2.75) is 83.7 Å². The van der Waals surface area contributed by atoms with Crippen LogP contribution in [-0.2, 0) is 9.59 Å². The Hall–Kier alpha value is -1.10. The summed E-state index contributed by atoms with van der Waals surface area (Å²) in [5, 5.41) is 9.60. The van der Waals surface area contributed by atoms with Crippen LogP contribution < -0.4 is 0 Å². The maximum Gasteiger partial charge on any atom is 0.320 e. The lowest BCUT2D eigenvalue weighted by Gasteiger charge is -2.34. The molecule has 3 unspecified atom stereocenters. The molecule has 1 heterocycles. The summed E-state index contributed by atoms with van der Waals surface area (Å²) in [6.45, 7) is 6.15. The molecule has 2 fully saturated rings. The van der Waals surface area contributed by atoms with Gasteiger partial charge in [-0.3, -0.25) is 14.5 Å². The Kier molecular flexibility index (Phi) is 7.53. The van der Waals surface area contributed by atoms with E-state index < -0.39 is 12.0 Å². The number of hydrogen-bond donors (Lipinski definition) is 1. The summed E-state index contributed by atoms with van der Waals surface area (Å²) < 4.78 is 0. The van der Waals surface area contributed by atoms with Crippen LogP contribution in [0.25, 0.3) is 0 Å². The smallest absolute Gasteiger partial charge is 0.320 e. The Bertz CT molecular complexity index is 419. The van der Waals surface area contributed by atoms with Gasteiger partial charge in [0, 0.05) is 19.1 Å². The Labute approximate surface area is 146 Å². The number of rotatable bonds is 9. The molecular formula is C19H34N2O3. The van der Waals surface area contributed by atoms with Gasteiger partial charge >= 0.3 is 5.97 Å². The molecule has 0 radical (unpaired) electrons. The second-order valence-electron chi connectivity index (χ2n) is 7.46. The lowest BCUT2D eigenvalue weighted by Crippen LogP contribution is -2.49. The highest BCUT2D eigenvalue weighted by molar-refractivity contribution is 5.80. The minimum Gasteiger partial charge on any atom is -0.480 e. The van der Waals surface area contributed by atoms with Gasteiger partial charge in [-0.15, -0.1) is 0 Å². The highest BCUT2D eigenvalue weighted by Gasteiger charge is 2.45. The molecule has 3 atom stereocenters. The standard InChI is InChI=1S/C19H34N2O3/c1-3-5-11-20(12-6-4-2)18(22)14-21-16-10-8-7-9-15(16)13-17(21)19(23)24/h15-17H,3-14H2,1-2H3,(H,23,24). The third kappa shape index (κ3) is 4.71. The zero-order valence-electron chi connectivity index (χ0n) is 15.4. The SMILES string of the molecule is CCCCN(CCCC)C(=O)CN1C(C(=O)O)CC2CCCCC21. The molecule has 5 nitrogen and oxygen atoms in total. The van der Waals surface area contributed by atoms with Crippen LogP contribution in [0, 0.1) is 5.92 Å². The van der Waals surface area contributed by atoms with Crippen molar-refractivity contribution in [3.63, 3.8) is 0 Å². The van der Waals surface area contributed by atoms with Crippen LogP contribution in [0.15, 0.2) is 0 Å². The topological polar surface area (TPSA) is 60.9 Å². The summed E-state index contributed by atoms with van der Waals surface area (Å²) >= 11 is 0. The van der Waals surface area contributed by atoms with Crippen LogP contribution in [0.2, 0.25) is 0 Å². The molecule has 1 saturated carbocycles. The van der Waals surface area contributed by atoms with Crippen molar-refractivity contribution in [1.82, 2.24) is 9.80 Å². The number of aliphatic carboxylic acids is 1. The molecule has 1 saturated heterocycles. The molecule has 1 amide bonds. The van der Waals surface area contributed by atoms with Gasteiger partial charge in [-0.1, -0.05) is 39.5 Å². The predicted octanol–water partition coefficient (Wildman–Crippen LogP) is 3.13. The molecule has 0 aromatic carbocycles. The van der Waals surface area contributed by atoms with E-state index in [1.807, 2.05) is 9.80 Å². The summed E-state index contributed by atoms with van der Waals surface area (Å²) in [6.07, 6.45) is 9.43. The number of carbonyl (C=O) groups is 2. The predicted molar refractivity (Wildman–Crippen MR) is 94.9 cm³/mol. The van der Waals surface area contributed by atoms with E-state index in [2.05, 4.69) is 13.8 Å². The number of amides is 1. The summed E-state index contributed by atoms with van der Waals surface area (Å²) in [4.78, 5) is 28.5. The summed E-state index contributed by atoms with van der Waals surface area (Å²) in [5.41, 5.74) is 0. The van der Waals surface area contributed by atoms with Crippen molar-refractivity contribution in [3.05, 3.63) is 0 Å². The van der Waals surface area contributed by atoms with Crippen molar-refractivity contribution in [2.24, 2.45) is 5.92 Å². The first-order chi connectivity index (χ1) is 11.6. The second kappa shape index (κ2) is 9.40. The summed E-state index contributed by atoms with van der Waals surface area (Å²) in [7, 11) is 0. The minimum atomic E-state index is -0.758. The van der Waals surface area contributed by atoms with E-state index >= 15 is 0 Å². The zero-order chi connectivity index (χ0) is 17.5. The second-order valence-corrected chi connectivity index (χ2v) is 7.46. The molecule has 0 spiro atoms. The number of nitrogens with zero attached hydrogens (tertiary/aromatic N) is 2. The number of unbranched alkanes of at least 4 members (excludes halogenated alkanes) is 2. The highest BCUT2D eigenvalue weighted by atomic mass is 16.4. The molecule has 5 heteroatoms. The van der Waals surface area contributed by atoms with Crippen molar-refractivity contribution < 1.29 is 14.7 Å². The molecule has 0 aromatic rings. The molecule has 1 aliphatic heterocycles. The molecule has 2 rings (SSSR count). The molecular weight excluding hydrogens is 304 g/mol. The quantitative estimate of drug-likeness (QED) is 0.701. The van der Waals surface area contributed by atoms with E-state index in [9.17, 15) is 14.7 Å². The van der Waals surface area contributed by atoms with Crippen LogP contribution in [-0.4, -0.2) is 58.5 Å². The van der Waals surface area contributed by atoms with Gasteiger partial charge in [0.15, 0.2) is 0 Å². The van der Waals surface area contributed by atoms with E-state index in [0.717, 1.165) is 64.5 Å². The number of hydrogen-bond acceptors (Lipinski definition) is 3. The first-order valence-corrected chi connectivity index (χ1v) is 9.84. The molecule has 1 N–H and O–H groups in total. The fraction of sp³-hybridized carbons (Fsp3) is 0.895. The third-order valence-electron chi connectivity index (χ3n) is 5.74. The largest absolute Gasteiger partial charge is 0.480 e. The number of likely N-dealkylation sites (tertiary alicyclic amines) is 1. The number of carboxylic acid groups (broad SMARTS) is 1. The van der Waals surface area contributed by atoms with Gasteiger partial charge in [0.05, 0.1) is 6.54 Å². The van der Waals surface area contributed by atoms with E-state index in [4.69, 9.17) is 0 Å². The zero-order valence-corrected chi connectivity index (χ0v) is 15.4. The van der Waals surface area contributed by atoms with E-state index in [-0.39, 0.29) is 12.5 Å². The van der Waals surface area contributed by atoms with Crippen molar-refractivity contribution in [1.29, 1.82) is 0 Å². The Balaban J connectivity index is 2.03. The molecule has 1 aliphatic carbocycles. The maximum absolute atomic E-state index is 12.8. The van der Waals surface area contributed by atoms with Gasteiger partial charge < -0.3 is 10.0 Å². The average molecular weight is 338 g/mol. The van der Waals surface area contributed by atoms with Gasteiger partial charge in [0.2, 0.25) is 5.91 Å². The molecule has 0 aromatic heterocycles. The Morgan fingerprint density at radius 1 is 1.08 bits per heavy atom. The molecule has 0 bridgehead atoms. The van der Waals surface area contributed by atoms with Crippen molar-refractivity contribution in [2.75, 3.05) is 19.6 Å². The van der Waals surface area contributed by atoms with Crippen LogP contribution in [0.1, 0.15) is 71.6 Å². The monoisotopic (exact) mass is 338 g/mol. The van der Waals surface area contributed by atoms with E-state index in [1.54, 1.807) is 0 Å². The lowest BCUT2D eigenvalue weighted by molar-refractivity contribution is -0.144. The highest BCUT2D eigenvalue weighted by Crippen LogP contribution is 2.39. The number of carboxylic acids is 1. The number of fused-ring (bicyclic) bond motifs is 1. The van der Waals surface area contributed by atoms with Gasteiger partial charge in [-0.2, -0.15) is 0 Å². The van der Waals surface area contributed by atoms with Gasteiger partial charge in [0.1, 0.15) is 6.04 Å². The van der Waals surface area contributed by atoms with Gasteiger partial charge in [0.25, 0.3) is 0 Å². The fourth-order valence-corrected chi connectivity index (χ4v) is 4.34. The lowest BCUT2D eigenvalue weighted by atomic mass is 9.85. The van der Waals surface area contributed by atoms with Gasteiger partial charge in [-0.25, -0.2) is 0 Å². The Morgan fingerprint density at radius 3 is 2.29 bits per heavy atom. The van der Waals surface area contributed by atoms with Crippen molar-refractivity contribution in [3.8, 4) is 0 Å². The molecule has 24 heavy (non-hydrogen) atoms. The van der Waals surface area contributed by atoms with Crippen molar-refractivity contribution >= 4 is 11.9 Å². The molecule has 138 valence electrons. The number of carbonyl (C=O) groups excluding carboxylic acids is 1. The van der Waals surface area contributed by atoms with Crippen LogP contribution >= 0.6 is 0 Å². The summed E-state index contributed by atoms with van der Waals surface area (Å²) in [6, 6.07) is -0.177. The van der Waals surface area contributed by atoms with E-state index in [1.165, 1.54) is 6.42 Å². The summed E-state index contributed by atoms with van der Waals surface area (Å²) in [5.74, 6) is -0.173. The van der Waals surface area contributed by atoms with Gasteiger partial charge in [-0.05, 0) is 38.0 Å². The fourth-order valence-electron chi connectivity index (χ4n) is 4.34.